The molecule has 1 aliphatic heterocycles. The lowest BCUT2D eigenvalue weighted by Gasteiger charge is -2.32. The van der Waals surface area contributed by atoms with Crippen LogP contribution in [0.15, 0.2) is 54.6 Å². The van der Waals surface area contributed by atoms with Gasteiger partial charge in [-0.25, -0.2) is 0 Å². The molecule has 0 aliphatic carbocycles. The Balaban J connectivity index is 1.47. The molecule has 1 N–H and O–H groups in total. The fraction of sp³-hybridized carbons (Fsp3) is 0.381. The first-order valence-corrected chi connectivity index (χ1v) is 9.32. The molecule has 2 aromatic carbocycles. The average molecular weight is 357 g/mol. The fourth-order valence-electron chi connectivity index (χ4n) is 3.40. The number of nitrogens with zero attached hydrogens (tertiary/aromatic N) is 1. The Labute approximate surface area is 155 Å². The highest BCUT2D eigenvalue weighted by Gasteiger charge is 2.25. The maximum atomic E-state index is 12.5. The topological polar surface area (TPSA) is 32.3 Å². The molecule has 3 nitrogen and oxygen atoms in total. The van der Waals surface area contributed by atoms with E-state index in [2.05, 4.69) is 28.4 Å². The van der Waals surface area contributed by atoms with Crippen molar-refractivity contribution < 1.29 is 4.79 Å². The Hall–Kier alpha value is -1.84. The van der Waals surface area contributed by atoms with Crippen molar-refractivity contribution in [2.24, 2.45) is 5.92 Å². The molecule has 0 saturated carbocycles. The second-order valence-corrected chi connectivity index (χ2v) is 7.26. The molecule has 25 heavy (non-hydrogen) atoms. The zero-order valence-electron chi connectivity index (χ0n) is 14.6. The summed E-state index contributed by atoms with van der Waals surface area (Å²) in [5.41, 5.74) is 2.38. The van der Waals surface area contributed by atoms with Crippen molar-refractivity contribution >= 4 is 17.5 Å². The van der Waals surface area contributed by atoms with Gasteiger partial charge >= 0.3 is 0 Å². The first kappa shape index (κ1) is 18.0. The van der Waals surface area contributed by atoms with Gasteiger partial charge in [0.2, 0.25) is 5.91 Å². The van der Waals surface area contributed by atoms with E-state index in [4.69, 9.17) is 11.6 Å². The predicted molar refractivity (Wildman–Crippen MR) is 102 cm³/mol. The normalized spacial score (nSPS) is 17.2. The van der Waals surface area contributed by atoms with Crippen molar-refractivity contribution in [1.82, 2.24) is 10.2 Å². The standard InChI is InChI=1S/C21H25ClN2O/c1-16(18-7-3-2-4-8-18)23-21(25)19-10-12-24(13-11-19)15-17-6-5-9-20(22)14-17/h2-9,14,16,19H,10-13,15H2,1H3,(H,23,25)/t16-/m0/s1. The van der Waals surface area contributed by atoms with Crippen molar-refractivity contribution in [3.8, 4) is 0 Å². The van der Waals surface area contributed by atoms with Gasteiger partial charge < -0.3 is 5.32 Å². The minimum atomic E-state index is 0.0539. The number of likely N-dealkylation sites (tertiary alicyclic amines) is 1. The summed E-state index contributed by atoms with van der Waals surface area (Å²) in [6.45, 7) is 4.84. The minimum Gasteiger partial charge on any atom is -0.349 e. The Morgan fingerprint density at radius 3 is 2.56 bits per heavy atom. The van der Waals surface area contributed by atoms with Crippen molar-refractivity contribution in [1.29, 1.82) is 0 Å². The molecule has 1 heterocycles. The number of hydrogen-bond acceptors (Lipinski definition) is 2. The molecule has 4 heteroatoms. The zero-order chi connectivity index (χ0) is 17.6. The van der Waals surface area contributed by atoms with E-state index in [-0.39, 0.29) is 17.9 Å². The molecule has 1 atom stereocenters. The summed E-state index contributed by atoms with van der Waals surface area (Å²) in [7, 11) is 0. The molecule has 132 valence electrons. The van der Waals surface area contributed by atoms with E-state index < -0.39 is 0 Å². The number of halogens is 1. The number of hydrogen-bond donors (Lipinski definition) is 1. The van der Waals surface area contributed by atoms with Crippen molar-refractivity contribution in [3.63, 3.8) is 0 Å². The number of amides is 1. The number of nitrogens with one attached hydrogen (secondary N) is 1. The molecule has 0 spiro atoms. The van der Waals surface area contributed by atoms with Crippen LogP contribution in [0.2, 0.25) is 5.02 Å². The third-order valence-electron chi connectivity index (χ3n) is 4.91. The smallest absolute Gasteiger partial charge is 0.223 e. The molecule has 1 fully saturated rings. The minimum absolute atomic E-state index is 0.0539. The number of carbonyl (C=O) groups excluding carboxylic acids is 1. The molecule has 2 aromatic rings. The Morgan fingerprint density at radius 1 is 1.16 bits per heavy atom. The lowest BCUT2D eigenvalue weighted by Crippen LogP contribution is -2.40. The second-order valence-electron chi connectivity index (χ2n) is 6.82. The quantitative estimate of drug-likeness (QED) is 0.859. The van der Waals surface area contributed by atoms with Gasteiger partial charge in [-0.1, -0.05) is 54.1 Å². The number of carbonyl (C=O) groups is 1. The maximum absolute atomic E-state index is 12.5. The first-order valence-electron chi connectivity index (χ1n) is 8.94. The lowest BCUT2D eigenvalue weighted by atomic mass is 9.95. The van der Waals surface area contributed by atoms with E-state index >= 15 is 0 Å². The molecule has 0 radical (unpaired) electrons. The summed E-state index contributed by atoms with van der Waals surface area (Å²) in [6, 6.07) is 18.2. The van der Waals surface area contributed by atoms with Crippen LogP contribution in [0, 0.1) is 5.92 Å². The van der Waals surface area contributed by atoms with Crippen LogP contribution in [0.4, 0.5) is 0 Å². The Morgan fingerprint density at radius 2 is 1.88 bits per heavy atom. The van der Waals surface area contributed by atoms with E-state index in [0.29, 0.717) is 0 Å². The third kappa shape index (κ3) is 5.07. The molecule has 0 bridgehead atoms. The average Bonchev–Trinajstić information content (AvgIpc) is 2.63. The van der Waals surface area contributed by atoms with E-state index in [1.54, 1.807) is 0 Å². The van der Waals surface area contributed by atoms with Gasteiger partial charge in [0.05, 0.1) is 6.04 Å². The number of benzene rings is 2. The monoisotopic (exact) mass is 356 g/mol. The molecule has 1 saturated heterocycles. The van der Waals surface area contributed by atoms with E-state index in [1.807, 2.05) is 43.3 Å². The summed E-state index contributed by atoms with van der Waals surface area (Å²) in [4.78, 5) is 14.9. The highest BCUT2D eigenvalue weighted by molar-refractivity contribution is 6.30. The van der Waals surface area contributed by atoms with Crippen molar-refractivity contribution in [2.75, 3.05) is 13.1 Å². The van der Waals surface area contributed by atoms with Crippen LogP contribution in [0.1, 0.15) is 36.9 Å². The largest absolute Gasteiger partial charge is 0.349 e. The molecule has 1 aliphatic rings. The molecular formula is C21H25ClN2O. The van der Waals surface area contributed by atoms with Gasteiger partial charge in [-0.3, -0.25) is 9.69 Å². The highest BCUT2D eigenvalue weighted by Crippen LogP contribution is 2.22. The molecule has 3 rings (SSSR count). The van der Waals surface area contributed by atoms with Crippen LogP contribution in [-0.2, 0) is 11.3 Å². The van der Waals surface area contributed by atoms with Crippen molar-refractivity contribution in [3.05, 3.63) is 70.7 Å². The lowest BCUT2D eigenvalue weighted by molar-refractivity contribution is -0.127. The summed E-state index contributed by atoms with van der Waals surface area (Å²) < 4.78 is 0. The van der Waals surface area contributed by atoms with E-state index in [1.165, 1.54) is 5.56 Å². The second kappa shape index (κ2) is 8.50. The van der Waals surface area contributed by atoms with Crippen LogP contribution in [-0.4, -0.2) is 23.9 Å². The van der Waals surface area contributed by atoms with Crippen LogP contribution in [0.25, 0.3) is 0 Å². The van der Waals surface area contributed by atoms with Crippen LogP contribution < -0.4 is 5.32 Å². The number of rotatable bonds is 5. The van der Waals surface area contributed by atoms with E-state index in [0.717, 1.165) is 43.1 Å². The highest BCUT2D eigenvalue weighted by atomic mass is 35.5. The summed E-state index contributed by atoms with van der Waals surface area (Å²) in [5, 5.41) is 3.94. The summed E-state index contributed by atoms with van der Waals surface area (Å²) in [5.74, 6) is 0.292. The van der Waals surface area contributed by atoms with Crippen molar-refractivity contribution in [2.45, 2.75) is 32.4 Å². The van der Waals surface area contributed by atoms with Gasteiger partial charge in [-0.15, -0.1) is 0 Å². The van der Waals surface area contributed by atoms with Gasteiger partial charge in [-0.05, 0) is 56.1 Å². The molecule has 1 amide bonds. The summed E-state index contributed by atoms with van der Waals surface area (Å²) in [6.07, 6.45) is 1.82. The van der Waals surface area contributed by atoms with Crippen LogP contribution in [0.3, 0.4) is 0 Å². The molecular weight excluding hydrogens is 332 g/mol. The SMILES string of the molecule is C[C@H](NC(=O)C1CCN(Cc2cccc(Cl)c2)CC1)c1ccccc1. The Kier molecular flexibility index (Phi) is 6.11. The third-order valence-corrected chi connectivity index (χ3v) is 5.15. The first-order chi connectivity index (χ1) is 12.1. The molecule has 0 unspecified atom stereocenters. The van der Waals surface area contributed by atoms with Gasteiger partial charge in [0.1, 0.15) is 0 Å². The van der Waals surface area contributed by atoms with Gasteiger partial charge in [0.15, 0.2) is 0 Å². The van der Waals surface area contributed by atoms with Crippen LogP contribution >= 0.6 is 11.6 Å². The zero-order valence-corrected chi connectivity index (χ0v) is 15.4. The maximum Gasteiger partial charge on any atom is 0.223 e. The fourth-order valence-corrected chi connectivity index (χ4v) is 3.62. The van der Waals surface area contributed by atoms with Gasteiger partial charge in [0, 0.05) is 17.5 Å². The van der Waals surface area contributed by atoms with Gasteiger partial charge in [0.25, 0.3) is 0 Å². The van der Waals surface area contributed by atoms with Gasteiger partial charge in [-0.2, -0.15) is 0 Å². The molecule has 0 aromatic heterocycles. The number of piperidine rings is 1. The van der Waals surface area contributed by atoms with E-state index in [9.17, 15) is 4.79 Å². The summed E-state index contributed by atoms with van der Waals surface area (Å²) >= 11 is 6.05. The van der Waals surface area contributed by atoms with Crippen LogP contribution in [0.5, 0.6) is 0 Å². The Bertz CT molecular complexity index is 696. The predicted octanol–water partition coefficient (Wildman–Crippen LogP) is 4.43.